The van der Waals surface area contributed by atoms with Gasteiger partial charge < -0.3 is 0 Å². The summed E-state index contributed by atoms with van der Waals surface area (Å²) in [4.78, 5) is 0. The van der Waals surface area contributed by atoms with Crippen LogP contribution < -0.4 is 0 Å². The van der Waals surface area contributed by atoms with Crippen molar-refractivity contribution in [1.82, 2.24) is 0 Å². The Hall–Kier alpha value is 0.934. The van der Waals surface area contributed by atoms with Gasteiger partial charge in [-0.3, -0.25) is 6.08 Å². The van der Waals surface area contributed by atoms with Crippen molar-refractivity contribution in [2.75, 3.05) is 0 Å². The second-order valence-corrected chi connectivity index (χ2v) is 3.36. The van der Waals surface area contributed by atoms with E-state index >= 15 is 0 Å². The molecule has 1 rings (SSSR count). The van der Waals surface area contributed by atoms with Crippen molar-refractivity contribution in [1.29, 1.82) is 0 Å². The summed E-state index contributed by atoms with van der Waals surface area (Å²) in [7, 11) is 0. The molecule has 1 unspecified atom stereocenters. The van der Waals surface area contributed by atoms with Gasteiger partial charge in [0.05, 0.1) is 0 Å². The van der Waals surface area contributed by atoms with E-state index in [2.05, 4.69) is 32.1 Å². The van der Waals surface area contributed by atoms with Crippen molar-refractivity contribution in [3.8, 4) is 0 Å². The van der Waals surface area contributed by atoms with Crippen molar-refractivity contribution in [3.63, 3.8) is 0 Å². The Morgan fingerprint density at radius 2 is 1.93 bits per heavy atom. The summed E-state index contributed by atoms with van der Waals surface area (Å²) in [5.74, 6) is 0.873. The van der Waals surface area contributed by atoms with Crippen LogP contribution >= 0.6 is 37.2 Å². The number of hydrogen-bond donors (Lipinski definition) is 0. The number of halogens is 3. The molecule has 0 amide bonds. The monoisotopic (exact) mass is 308 g/mol. The smallest absolute Gasteiger partial charge is 0 e. The van der Waals surface area contributed by atoms with Gasteiger partial charge in [0.2, 0.25) is 0 Å². The molecule has 0 N–H and O–H groups in total. The Morgan fingerprint density at radius 3 is 2.33 bits per heavy atom. The molecule has 15 heavy (non-hydrogen) atoms. The van der Waals surface area contributed by atoms with E-state index in [0.29, 0.717) is 0 Å². The normalized spacial score (nSPS) is 13.6. The molecule has 0 saturated carbocycles. The third-order valence-corrected chi connectivity index (χ3v) is 2.37. The molecule has 0 heterocycles. The van der Waals surface area contributed by atoms with Gasteiger partial charge in [0.15, 0.2) is 0 Å². The standard InChI is InChI=1S/C11H17.3ClH.V/c1-3-10(2)8-9-11-6-4-5-7-11;;;;/h4,6,10H,3,5,8-9H2,1-2H3;3*1H;/q-1;;;;. The second-order valence-electron chi connectivity index (χ2n) is 3.36. The quantitative estimate of drug-likeness (QED) is 0.657. The van der Waals surface area contributed by atoms with Crippen LogP contribution in [0.4, 0.5) is 0 Å². The second kappa shape index (κ2) is 14.9. The molecule has 0 aromatic heterocycles. The fourth-order valence-corrected chi connectivity index (χ4v) is 1.23. The maximum Gasteiger partial charge on any atom is 0 e. The molecule has 0 aliphatic heterocycles. The summed E-state index contributed by atoms with van der Waals surface area (Å²) in [6, 6.07) is 0. The Morgan fingerprint density at radius 1 is 1.33 bits per heavy atom. The first-order valence-corrected chi connectivity index (χ1v) is 4.59. The van der Waals surface area contributed by atoms with Crippen molar-refractivity contribution in [2.24, 2.45) is 5.92 Å². The fraction of sp³-hybridized carbons (Fsp3) is 0.636. The first-order chi connectivity index (χ1) is 5.33. The molecule has 1 atom stereocenters. The van der Waals surface area contributed by atoms with Crippen LogP contribution in [-0.4, -0.2) is 0 Å². The maximum atomic E-state index is 3.34. The van der Waals surface area contributed by atoms with Crippen LogP contribution in [0.25, 0.3) is 0 Å². The molecule has 1 radical (unpaired) electrons. The van der Waals surface area contributed by atoms with E-state index in [1.807, 2.05) is 0 Å². The SMILES string of the molecule is CCC(C)CCC1=[C-]CC=C1.Cl.Cl.Cl.[V]. The summed E-state index contributed by atoms with van der Waals surface area (Å²) in [6.07, 6.45) is 12.6. The summed E-state index contributed by atoms with van der Waals surface area (Å²) in [5, 5.41) is 0. The van der Waals surface area contributed by atoms with Gasteiger partial charge in [0.1, 0.15) is 0 Å². The van der Waals surface area contributed by atoms with Crippen LogP contribution in [0.15, 0.2) is 17.7 Å². The Bertz CT molecular complexity index is 179. The van der Waals surface area contributed by atoms with Gasteiger partial charge in [-0.25, -0.2) is 11.6 Å². The molecule has 0 aromatic rings. The largest absolute Gasteiger partial charge is 0.269 e. The Balaban J connectivity index is -0.000000151. The summed E-state index contributed by atoms with van der Waals surface area (Å²) >= 11 is 0. The molecular weight excluding hydrogens is 289 g/mol. The molecule has 1 aliphatic rings. The van der Waals surface area contributed by atoms with Gasteiger partial charge in [-0.2, -0.15) is 6.08 Å². The Labute approximate surface area is 124 Å². The van der Waals surface area contributed by atoms with Crippen molar-refractivity contribution < 1.29 is 18.6 Å². The molecule has 0 bridgehead atoms. The van der Waals surface area contributed by atoms with Gasteiger partial charge in [0.25, 0.3) is 0 Å². The first-order valence-electron chi connectivity index (χ1n) is 4.59. The molecule has 0 spiro atoms. The van der Waals surface area contributed by atoms with E-state index in [4.69, 9.17) is 0 Å². The summed E-state index contributed by atoms with van der Waals surface area (Å²) in [6.45, 7) is 4.58. The van der Waals surface area contributed by atoms with Crippen molar-refractivity contribution in [3.05, 3.63) is 23.8 Å². The summed E-state index contributed by atoms with van der Waals surface area (Å²) < 4.78 is 0. The van der Waals surface area contributed by atoms with E-state index in [9.17, 15) is 0 Å². The zero-order valence-electron chi connectivity index (χ0n) is 9.23. The van der Waals surface area contributed by atoms with Gasteiger partial charge in [-0.1, -0.05) is 26.7 Å². The maximum absolute atomic E-state index is 3.34. The number of allylic oxidation sites excluding steroid dienone is 4. The molecule has 0 aromatic carbocycles. The van der Waals surface area contributed by atoms with Gasteiger partial charge in [-0.05, 0) is 12.3 Å². The van der Waals surface area contributed by atoms with Crippen LogP contribution in [0.1, 0.15) is 39.5 Å². The van der Waals surface area contributed by atoms with E-state index in [1.165, 1.54) is 24.8 Å². The predicted octanol–water partition coefficient (Wildman–Crippen LogP) is 4.77. The van der Waals surface area contributed by atoms with Crippen LogP contribution in [-0.2, 0) is 18.6 Å². The minimum Gasteiger partial charge on any atom is -0.269 e. The summed E-state index contributed by atoms with van der Waals surface area (Å²) in [5.41, 5.74) is 1.42. The zero-order valence-corrected chi connectivity index (χ0v) is 13.1. The number of hydrogen-bond acceptors (Lipinski definition) is 0. The average molecular weight is 310 g/mol. The van der Waals surface area contributed by atoms with E-state index in [1.54, 1.807) is 0 Å². The van der Waals surface area contributed by atoms with Crippen LogP contribution in [0.2, 0.25) is 0 Å². The van der Waals surface area contributed by atoms with Gasteiger partial charge in [-0.15, -0.1) is 43.6 Å². The van der Waals surface area contributed by atoms with Gasteiger partial charge >= 0.3 is 0 Å². The predicted molar refractivity (Wildman–Crippen MR) is 70.9 cm³/mol. The van der Waals surface area contributed by atoms with Gasteiger partial charge in [0, 0.05) is 18.6 Å². The molecule has 0 fully saturated rings. The van der Waals surface area contributed by atoms with E-state index < -0.39 is 0 Å². The van der Waals surface area contributed by atoms with Crippen molar-refractivity contribution >= 4 is 37.2 Å². The third kappa shape index (κ3) is 11.2. The minimum absolute atomic E-state index is 0. The molecule has 4 heteroatoms. The molecule has 1 aliphatic carbocycles. The van der Waals surface area contributed by atoms with Crippen molar-refractivity contribution in [2.45, 2.75) is 39.5 Å². The Kier molecular flexibility index (Phi) is 24.8. The third-order valence-electron chi connectivity index (χ3n) is 2.37. The first kappa shape index (κ1) is 25.0. The molecule has 0 nitrogen and oxygen atoms in total. The average Bonchev–Trinajstić information content (AvgIpc) is 2.52. The van der Waals surface area contributed by atoms with Crippen LogP contribution in [0, 0.1) is 12.0 Å². The molecule has 0 saturated heterocycles. The van der Waals surface area contributed by atoms with Crippen LogP contribution in [0.5, 0.6) is 0 Å². The minimum atomic E-state index is 0. The van der Waals surface area contributed by atoms with Crippen LogP contribution in [0.3, 0.4) is 0 Å². The molecule has 91 valence electrons. The topological polar surface area (TPSA) is 0 Å². The zero-order chi connectivity index (χ0) is 8.10. The van der Waals surface area contributed by atoms with E-state index in [0.717, 1.165) is 12.3 Å². The van der Waals surface area contributed by atoms with E-state index in [-0.39, 0.29) is 55.8 Å². The fourth-order valence-electron chi connectivity index (χ4n) is 1.23. The number of rotatable bonds is 4. The molecular formula is C11H20Cl3V-.